The summed E-state index contributed by atoms with van der Waals surface area (Å²) in [5.41, 5.74) is 3.74. The number of fused-ring (bicyclic) bond motifs is 2. The number of ether oxygens (including phenoxy) is 1. The van der Waals surface area contributed by atoms with Crippen molar-refractivity contribution in [2.45, 2.75) is 44.4 Å². The van der Waals surface area contributed by atoms with E-state index in [4.69, 9.17) is 10.00 Å². The Bertz CT molecular complexity index is 1110. The molecular weight excluding hydrogens is 390 g/mol. The molecule has 31 heavy (non-hydrogen) atoms. The summed E-state index contributed by atoms with van der Waals surface area (Å²) in [7, 11) is 0. The van der Waals surface area contributed by atoms with E-state index < -0.39 is 0 Å². The van der Waals surface area contributed by atoms with Crippen molar-refractivity contribution in [1.29, 1.82) is 5.26 Å². The van der Waals surface area contributed by atoms with Gasteiger partial charge in [0.15, 0.2) is 5.78 Å². The Hall–Kier alpha value is -2.90. The summed E-state index contributed by atoms with van der Waals surface area (Å²) in [6.07, 6.45) is 2.47. The average molecular weight is 415 g/mol. The number of Topliss-reactive ketones (excluding diaryl/α,β-unsaturated/α-hetero) is 1. The van der Waals surface area contributed by atoms with Gasteiger partial charge in [-0.05, 0) is 62.4 Å². The summed E-state index contributed by atoms with van der Waals surface area (Å²) in [5.74, 6) is 6.79. The first kappa shape index (κ1) is 20.0. The maximum atomic E-state index is 13.3. The molecule has 1 N–H and O–H groups in total. The van der Waals surface area contributed by atoms with Gasteiger partial charge in [-0.25, -0.2) is 0 Å². The first-order valence-electron chi connectivity index (χ1n) is 10.8. The van der Waals surface area contributed by atoms with Gasteiger partial charge in [-0.2, -0.15) is 5.26 Å². The predicted molar refractivity (Wildman–Crippen MR) is 115 cm³/mol. The lowest BCUT2D eigenvalue weighted by molar-refractivity contribution is -0.00301. The Balaban J connectivity index is 1.48. The van der Waals surface area contributed by atoms with Crippen molar-refractivity contribution in [2.24, 2.45) is 5.92 Å². The number of nitriles is 1. The van der Waals surface area contributed by atoms with Gasteiger partial charge in [-0.3, -0.25) is 9.69 Å². The van der Waals surface area contributed by atoms with Crippen LogP contribution in [0.2, 0.25) is 0 Å². The van der Waals surface area contributed by atoms with Gasteiger partial charge in [-0.1, -0.05) is 5.92 Å². The van der Waals surface area contributed by atoms with E-state index in [9.17, 15) is 9.90 Å². The zero-order chi connectivity index (χ0) is 21.5. The van der Waals surface area contributed by atoms with Crippen molar-refractivity contribution in [2.75, 3.05) is 19.8 Å². The van der Waals surface area contributed by atoms with Crippen LogP contribution in [0.4, 0.5) is 0 Å². The molecule has 4 heterocycles. The van der Waals surface area contributed by atoms with E-state index >= 15 is 0 Å². The highest BCUT2D eigenvalue weighted by Crippen LogP contribution is 2.37. The van der Waals surface area contributed by atoms with Crippen LogP contribution in [0.3, 0.4) is 0 Å². The van der Waals surface area contributed by atoms with E-state index in [1.54, 1.807) is 12.1 Å². The minimum atomic E-state index is -0.318. The van der Waals surface area contributed by atoms with Crippen LogP contribution < -0.4 is 0 Å². The SMILES string of the molecule is Cc1c(C(=O)CN2C3CCC2[C@@H](O)C3)cc(C#CC2COC2)n1-c1ccc(C#N)cc1. The number of carbonyl (C=O) groups excluding carboxylic acids is 1. The minimum absolute atomic E-state index is 0.0610. The first-order chi connectivity index (χ1) is 15.0. The lowest BCUT2D eigenvalue weighted by atomic mass is 9.98. The Labute approximate surface area is 182 Å². The first-order valence-corrected chi connectivity index (χ1v) is 10.8. The molecule has 3 fully saturated rings. The third kappa shape index (κ3) is 3.58. The van der Waals surface area contributed by atoms with Crippen molar-refractivity contribution < 1.29 is 14.6 Å². The molecule has 3 atom stereocenters. The van der Waals surface area contributed by atoms with Gasteiger partial charge in [0.05, 0.1) is 49.1 Å². The molecule has 2 unspecified atom stereocenters. The number of nitrogens with zero attached hydrogens (tertiary/aromatic N) is 3. The van der Waals surface area contributed by atoms with E-state index in [0.29, 0.717) is 36.9 Å². The van der Waals surface area contributed by atoms with Gasteiger partial charge in [0, 0.05) is 29.0 Å². The third-order valence-electron chi connectivity index (χ3n) is 6.82. The quantitative estimate of drug-likeness (QED) is 0.613. The second-order valence-electron chi connectivity index (χ2n) is 8.72. The van der Waals surface area contributed by atoms with Crippen LogP contribution in [0.25, 0.3) is 5.69 Å². The minimum Gasteiger partial charge on any atom is -0.391 e. The van der Waals surface area contributed by atoms with Crippen molar-refractivity contribution in [3.8, 4) is 23.6 Å². The number of aliphatic hydroxyl groups is 1. The van der Waals surface area contributed by atoms with E-state index in [1.807, 2.05) is 29.7 Å². The molecule has 0 radical (unpaired) electrons. The molecule has 6 heteroatoms. The van der Waals surface area contributed by atoms with Crippen LogP contribution in [0.1, 0.15) is 46.6 Å². The fourth-order valence-corrected chi connectivity index (χ4v) is 5.06. The number of hydrogen-bond acceptors (Lipinski definition) is 5. The third-order valence-corrected chi connectivity index (χ3v) is 6.82. The number of carbonyl (C=O) groups is 1. The molecule has 0 amide bonds. The maximum Gasteiger partial charge on any atom is 0.178 e. The average Bonchev–Trinajstić information content (AvgIpc) is 3.37. The molecule has 1 aromatic heterocycles. The van der Waals surface area contributed by atoms with Gasteiger partial charge in [-0.15, -0.1) is 0 Å². The summed E-state index contributed by atoms with van der Waals surface area (Å²) in [4.78, 5) is 15.5. The second-order valence-corrected chi connectivity index (χ2v) is 8.72. The molecule has 6 nitrogen and oxygen atoms in total. The van der Waals surface area contributed by atoms with Crippen LogP contribution in [0.5, 0.6) is 0 Å². The van der Waals surface area contributed by atoms with Crippen molar-refractivity contribution >= 4 is 5.78 Å². The monoisotopic (exact) mass is 415 g/mol. The maximum absolute atomic E-state index is 13.3. The number of rotatable bonds is 4. The van der Waals surface area contributed by atoms with E-state index in [2.05, 4.69) is 22.8 Å². The molecule has 2 bridgehead atoms. The number of aliphatic hydroxyl groups excluding tert-OH is 1. The predicted octanol–water partition coefficient (Wildman–Crippen LogP) is 2.44. The Morgan fingerprint density at radius 1 is 1.26 bits per heavy atom. The number of ketones is 1. The highest BCUT2D eigenvalue weighted by Gasteiger charge is 2.46. The zero-order valence-corrected chi connectivity index (χ0v) is 17.5. The van der Waals surface area contributed by atoms with Crippen LogP contribution in [-0.4, -0.2) is 58.3 Å². The molecular formula is C25H25N3O3. The van der Waals surface area contributed by atoms with E-state index in [0.717, 1.165) is 36.3 Å². The highest BCUT2D eigenvalue weighted by molar-refractivity contribution is 5.99. The largest absolute Gasteiger partial charge is 0.391 e. The van der Waals surface area contributed by atoms with Crippen LogP contribution in [0.15, 0.2) is 30.3 Å². The topological polar surface area (TPSA) is 78.5 Å². The lowest BCUT2D eigenvalue weighted by Gasteiger charge is -2.21. The molecule has 3 aliphatic heterocycles. The van der Waals surface area contributed by atoms with Crippen molar-refractivity contribution in [1.82, 2.24) is 9.47 Å². The number of hydrogen-bond donors (Lipinski definition) is 1. The molecule has 5 rings (SSSR count). The number of aromatic nitrogens is 1. The fraction of sp³-hybridized carbons (Fsp3) is 0.440. The smallest absolute Gasteiger partial charge is 0.178 e. The second kappa shape index (κ2) is 7.98. The summed E-state index contributed by atoms with van der Waals surface area (Å²) in [6, 6.07) is 11.8. The van der Waals surface area contributed by atoms with E-state index in [1.165, 1.54) is 0 Å². The lowest BCUT2D eigenvalue weighted by Crippen LogP contribution is -2.36. The van der Waals surface area contributed by atoms with Gasteiger partial charge < -0.3 is 14.4 Å². The molecule has 3 aliphatic rings. The van der Waals surface area contributed by atoms with Gasteiger partial charge in [0.25, 0.3) is 0 Å². The standard InChI is InChI=1S/C25H25N3O3/c1-16-22(25(30)13-27-20-8-9-23(27)24(29)11-20)10-21(7-4-18-14-31-15-18)28(16)19-5-2-17(12-26)3-6-19/h2-3,5-6,10,18,20,23-24,29H,8-9,11,13-15H2,1H3/t20?,23?,24-/m0/s1. The van der Waals surface area contributed by atoms with Crippen LogP contribution in [-0.2, 0) is 4.74 Å². The number of benzene rings is 1. The van der Waals surface area contributed by atoms with Gasteiger partial charge in [0.2, 0.25) is 0 Å². The van der Waals surface area contributed by atoms with Crippen LogP contribution >= 0.6 is 0 Å². The van der Waals surface area contributed by atoms with Gasteiger partial charge in [0.1, 0.15) is 0 Å². The van der Waals surface area contributed by atoms with Crippen LogP contribution in [0, 0.1) is 36.0 Å². The molecule has 0 saturated carbocycles. The highest BCUT2D eigenvalue weighted by atomic mass is 16.5. The Morgan fingerprint density at radius 2 is 2.03 bits per heavy atom. The molecule has 1 aromatic carbocycles. The normalized spacial score (nSPS) is 25.0. The summed E-state index contributed by atoms with van der Waals surface area (Å²) >= 11 is 0. The molecule has 0 spiro atoms. The van der Waals surface area contributed by atoms with Crippen molar-refractivity contribution in [3.63, 3.8) is 0 Å². The van der Waals surface area contributed by atoms with Gasteiger partial charge >= 0.3 is 0 Å². The Morgan fingerprint density at radius 3 is 2.61 bits per heavy atom. The summed E-state index contributed by atoms with van der Waals surface area (Å²) in [5, 5.41) is 19.3. The zero-order valence-electron chi connectivity index (χ0n) is 17.5. The molecule has 0 aliphatic carbocycles. The molecule has 2 aromatic rings. The fourth-order valence-electron chi connectivity index (χ4n) is 5.06. The Kier molecular flexibility index (Phi) is 5.16. The van der Waals surface area contributed by atoms with Crippen molar-refractivity contribution in [3.05, 3.63) is 52.8 Å². The summed E-state index contributed by atoms with van der Waals surface area (Å²) < 4.78 is 7.21. The van der Waals surface area contributed by atoms with E-state index in [-0.39, 0.29) is 23.8 Å². The molecule has 158 valence electrons. The molecule has 3 saturated heterocycles. The summed E-state index contributed by atoms with van der Waals surface area (Å²) in [6.45, 7) is 3.56.